The maximum absolute atomic E-state index is 13.0. The lowest BCUT2D eigenvalue weighted by Gasteiger charge is -2.38. The van der Waals surface area contributed by atoms with Gasteiger partial charge in [0.15, 0.2) is 0 Å². The minimum absolute atomic E-state index is 0.189. The molecule has 2 aromatic carbocycles. The average molecular weight is 452 g/mol. The van der Waals surface area contributed by atoms with E-state index in [0.29, 0.717) is 10.8 Å². The highest BCUT2D eigenvalue weighted by atomic mass is 35.5. The predicted octanol–water partition coefficient (Wildman–Crippen LogP) is 4.44. The van der Waals surface area contributed by atoms with Gasteiger partial charge in [-0.25, -0.2) is 4.98 Å². The van der Waals surface area contributed by atoms with Crippen LogP contribution in [0.1, 0.15) is 11.1 Å². The third kappa shape index (κ3) is 3.68. The number of aryl methyl sites for hydroxylation is 2. The molecule has 5 rings (SSSR count). The van der Waals surface area contributed by atoms with Crippen LogP contribution in [0.5, 0.6) is 0 Å². The Labute approximate surface area is 189 Å². The first-order valence-corrected chi connectivity index (χ1v) is 11.4. The van der Waals surface area contributed by atoms with E-state index in [-0.39, 0.29) is 10.6 Å². The second kappa shape index (κ2) is 7.98. The average Bonchev–Trinajstić information content (AvgIpc) is 3.20. The van der Waals surface area contributed by atoms with Gasteiger partial charge in [0, 0.05) is 31.9 Å². The SMILES string of the molecule is Cc1ccc(N2CCN(c3cnn(-c4nc5ccccc5s4)c(=O)c3Cl)CC2)c(C)c1. The molecule has 0 radical (unpaired) electrons. The number of benzene rings is 2. The van der Waals surface area contributed by atoms with Crippen molar-refractivity contribution in [3.63, 3.8) is 0 Å². The van der Waals surface area contributed by atoms with Crippen LogP contribution in [0.15, 0.2) is 53.5 Å². The van der Waals surface area contributed by atoms with Gasteiger partial charge in [-0.3, -0.25) is 4.79 Å². The molecular formula is C23H22ClN5OS. The molecule has 3 heterocycles. The number of nitrogens with zero attached hydrogens (tertiary/aromatic N) is 5. The molecule has 0 spiro atoms. The lowest BCUT2D eigenvalue weighted by molar-refractivity contribution is 0.648. The van der Waals surface area contributed by atoms with Crippen molar-refractivity contribution >= 4 is 44.5 Å². The largest absolute Gasteiger partial charge is 0.368 e. The molecule has 1 saturated heterocycles. The van der Waals surface area contributed by atoms with E-state index >= 15 is 0 Å². The molecule has 6 nitrogen and oxygen atoms in total. The number of hydrogen-bond acceptors (Lipinski definition) is 6. The Balaban J connectivity index is 1.38. The topological polar surface area (TPSA) is 54.3 Å². The summed E-state index contributed by atoms with van der Waals surface area (Å²) in [6.07, 6.45) is 1.68. The molecule has 0 amide bonds. The highest BCUT2D eigenvalue weighted by Gasteiger charge is 2.23. The zero-order valence-corrected chi connectivity index (χ0v) is 19.0. The summed E-state index contributed by atoms with van der Waals surface area (Å²) in [4.78, 5) is 22.0. The van der Waals surface area contributed by atoms with Gasteiger partial charge in [-0.2, -0.15) is 9.78 Å². The van der Waals surface area contributed by atoms with E-state index in [9.17, 15) is 4.79 Å². The van der Waals surface area contributed by atoms with E-state index in [2.05, 4.69) is 51.9 Å². The number of thiazole rings is 1. The molecule has 31 heavy (non-hydrogen) atoms. The van der Waals surface area contributed by atoms with Crippen molar-refractivity contribution in [2.45, 2.75) is 13.8 Å². The van der Waals surface area contributed by atoms with Crippen molar-refractivity contribution in [1.29, 1.82) is 0 Å². The fourth-order valence-corrected chi connectivity index (χ4v) is 5.25. The first-order chi connectivity index (χ1) is 15.0. The van der Waals surface area contributed by atoms with Gasteiger partial charge in [0.05, 0.1) is 22.1 Å². The summed E-state index contributed by atoms with van der Waals surface area (Å²) in [5.74, 6) is 0. The maximum atomic E-state index is 13.0. The second-order valence-corrected chi connectivity index (χ2v) is 9.18. The lowest BCUT2D eigenvalue weighted by Crippen LogP contribution is -2.47. The molecule has 2 aromatic heterocycles. The van der Waals surface area contributed by atoms with E-state index in [1.165, 1.54) is 32.8 Å². The second-order valence-electron chi connectivity index (χ2n) is 7.79. The molecule has 1 aliphatic rings. The van der Waals surface area contributed by atoms with Crippen molar-refractivity contribution in [3.8, 4) is 5.13 Å². The van der Waals surface area contributed by atoms with Crippen molar-refractivity contribution in [3.05, 3.63) is 75.2 Å². The van der Waals surface area contributed by atoms with Gasteiger partial charge in [-0.1, -0.05) is 52.8 Å². The van der Waals surface area contributed by atoms with E-state index in [1.54, 1.807) is 6.20 Å². The van der Waals surface area contributed by atoms with Gasteiger partial charge >= 0.3 is 0 Å². The molecule has 0 aliphatic carbocycles. The van der Waals surface area contributed by atoms with E-state index in [1.807, 2.05) is 24.3 Å². The first-order valence-electron chi connectivity index (χ1n) is 10.2. The molecule has 0 atom stereocenters. The highest BCUT2D eigenvalue weighted by Crippen LogP contribution is 2.28. The third-order valence-electron chi connectivity index (χ3n) is 5.68. The molecule has 0 N–H and O–H groups in total. The molecule has 1 fully saturated rings. The Morgan fingerprint density at radius 3 is 2.39 bits per heavy atom. The van der Waals surface area contributed by atoms with Crippen LogP contribution in [0.25, 0.3) is 15.3 Å². The summed E-state index contributed by atoms with van der Waals surface area (Å²) in [5.41, 5.74) is 5.01. The lowest BCUT2D eigenvalue weighted by atomic mass is 10.1. The monoisotopic (exact) mass is 451 g/mol. The van der Waals surface area contributed by atoms with Gasteiger partial charge in [-0.05, 0) is 37.6 Å². The quantitative estimate of drug-likeness (QED) is 0.461. The molecule has 4 aromatic rings. The number of piperazine rings is 1. The van der Waals surface area contributed by atoms with E-state index < -0.39 is 0 Å². The van der Waals surface area contributed by atoms with Gasteiger partial charge in [0.2, 0.25) is 5.13 Å². The zero-order valence-electron chi connectivity index (χ0n) is 17.4. The molecular weight excluding hydrogens is 430 g/mol. The number of fused-ring (bicyclic) bond motifs is 1. The van der Waals surface area contributed by atoms with Crippen LogP contribution in [0.4, 0.5) is 11.4 Å². The Morgan fingerprint density at radius 1 is 0.968 bits per heavy atom. The smallest absolute Gasteiger partial charge is 0.294 e. The van der Waals surface area contributed by atoms with Gasteiger partial charge in [0.25, 0.3) is 5.56 Å². The fraction of sp³-hybridized carbons (Fsp3) is 0.261. The van der Waals surface area contributed by atoms with Crippen LogP contribution >= 0.6 is 22.9 Å². The fourth-order valence-electron chi connectivity index (χ4n) is 4.08. The van der Waals surface area contributed by atoms with Crippen molar-refractivity contribution in [2.75, 3.05) is 36.0 Å². The third-order valence-corrected chi connectivity index (χ3v) is 7.04. The standard InChI is InChI=1S/C23H22ClN5OS/c1-15-7-8-18(16(2)13-15)27-9-11-28(12-10-27)19-14-25-29(22(30)21(19)24)23-26-17-5-3-4-6-20(17)31-23/h3-8,13-14H,9-12H2,1-2H3. The van der Waals surface area contributed by atoms with Crippen molar-refractivity contribution in [1.82, 2.24) is 14.8 Å². The highest BCUT2D eigenvalue weighted by molar-refractivity contribution is 7.20. The Bertz CT molecular complexity index is 1290. The number of rotatable bonds is 3. The maximum Gasteiger partial charge on any atom is 0.294 e. The minimum Gasteiger partial charge on any atom is -0.368 e. The molecule has 8 heteroatoms. The number of aromatic nitrogens is 3. The number of hydrogen-bond donors (Lipinski definition) is 0. The summed E-state index contributed by atoms with van der Waals surface area (Å²) in [7, 11) is 0. The van der Waals surface area contributed by atoms with E-state index in [0.717, 1.165) is 36.4 Å². The molecule has 0 unspecified atom stereocenters. The summed E-state index contributed by atoms with van der Waals surface area (Å²) in [6.45, 7) is 7.54. The number of para-hydroxylation sites is 1. The van der Waals surface area contributed by atoms with Crippen LogP contribution < -0.4 is 15.4 Å². The summed E-state index contributed by atoms with van der Waals surface area (Å²) in [6, 6.07) is 14.3. The normalized spacial score (nSPS) is 14.4. The molecule has 158 valence electrons. The van der Waals surface area contributed by atoms with Crippen LogP contribution in [0.3, 0.4) is 0 Å². The van der Waals surface area contributed by atoms with Crippen LogP contribution in [-0.2, 0) is 0 Å². The molecule has 1 aliphatic heterocycles. The zero-order chi connectivity index (χ0) is 21.5. The van der Waals surface area contributed by atoms with Crippen molar-refractivity contribution in [2.24, 2.45) is 0 Å². The summed E-state index contributed by atoms with van der Waals surface area (Å²) >= 11 is 7.95. The summed E-state index contributed by atoms with van der Waals surface area (Å²) < 4.78 is 2.30. The Kier molecular flexibility index (Phi) is 5.16. The molecule has 0 saturated carbocycles. The van der Waals surface area contributed by atoms with Crippen LogP contribution in [0, 0.1) is 13.8 Å². The van der Waals surface area contributed by atoms with Crippen LogP contribution in [-0.4, -0.2) is 40.9 Å². The Hall–Kier alpha value is -2.90. The van der Waals surface area contributed by atoms with E-state index in [4.69, 9.17) is 11.6 Å². The first kappa shape index (κ1) is 20.0. The number of halogens is 1. The molecule has 0 bridgehead atoms. The minimum atomic E-state index is -0.338. The Morgan fingerprint density at radius 2 is 1.68 bits per heavy atom. The van der Waals surface area contributed by atoms with Crippen LogP contribution in [0.2, 0.25) is 5.02 Å². The number of anilines is 2. The predicted molar refractivity (Wildman–Crippen MR) is 128 cm³/mol. The van der Waals surface area contributed by atoms with Gasteiger partial charge < -0.3 is 9.80 Å². The van der Waals surface area contributed by atoms with Crippen molar-refractivity contribution < 1.29 is 0 Å². The van der Waals surface area contributed by atoms with Gasteiger partial charge in [-0.15, -0.1) is 0 Å². The van der Waals surface area contributed by atoms with Gasteiger partial charge in [0.1, 0.15) is 5.02 Å². The summed E-state index contributed by atoms with van der Waals surface area (Å²) in [5, 5.41) is 5.11.